The number of carbonyl (C=O) groups is 1. The van der Waals surface area contributed by atoms with Crippen LogP contribution < -0.4 is 5.32 Å². The molecule has 1 aromatic heterocycles. The summed E-state index contributed by atoms with van der Waals surface area (Å²) in [4.78, 5) is 15.5. The predicted octanol–water partition coefficient (Wildman–Crippen LogP) is 3.14. The Hall–Kier alpha value is -2.70. The molecule has 1 saturated heterocycles. The SMILES string of the molecule is COC1CCN(Cc2cn(C)nc2C(=O)Nc2ccc3c4c(cccc24)CC3)C1. The molecule has 1 N–H and O–H groups in total. The molecule has 2 aliphatic rings. The van der Waals surface area contributed by atoms with Crippen LogP contribution in [0.15, 0.2) is 36.5 Å². The minimum absolute atomic E-state index is 0.151. The van der Waals surface area contributed by atoms with Crippen LogP contribution in [0.4, 0.5) is 5.69 Å². The van der Waals surface area contributed by atoms with Crippen LogP contribution in [0.2, 0.25) is 0 Å². The highest BCUT2D eigenvalue weighted by Gasteiger charge is 2.25. The van der Waals surface area contributed by atoms with E-state index in [1.165, 1.54) is 16.5 Å². The summed E-state index contributed by atoms with van der Waals surface area (Å²) in [6.07, 6.45) is 5.40. The fourth-order valence-corrected chi connectivity index (χ4v) is 4.76. The number of aromatic nitrogens is 2. The van der Waals surface area contributed by atoms with Gasteiger partial charge in [-0.3, -0.25) is 14.4 Å². The molecule has 29 heavy (non-hydrogen) atoms. The van der Waals surface area contributed by atoms with Crippen molar-refractivity contribution in [3.05, 3.63) is 58.9 Å². The van der Waals surface area contributed by atoms with Crippen molar-refractivity contribution in [1.82, 2.24) is 14.7 Å². The lowest BCUT2D eigenvalue weighted by Crippen LogP contribution is -2.24. The molecule has 0 radical (unpaired) electrons. The van der Waals surface area contributed by atoms with Crippen molar-refractivity contribution in [2.75, 3.05) is 25.5 Å². The molecule has 6 heteroatoms. The number of anilines is 1. The number of hydrogen-bond donors (Lipinski definition) is 1. The van der Waals surface area contributed by atoms with E-state index < -0.39 is 0 Å². The zero-order chi connectivity index (χ0) is 20.0. The van der Waals surface area contributed by atoms with Gasteiger partial charge < -0.3 is 10.1 Å². The zero-order valence-electron chi connectivity index (χ0n) is 16.9. The van der Waals surface area contributed by atoms with Crippen molar-refractivity contribution in [2.24, 2.45) is 7.05 Å². The monoisotopic (exact) mass is 390 g/mol. The number of nitrogens with zero attached hydrogens (tertiary/aromatic N) is 3. The topological polar surface area (TPSA) is 59.4 Å². The fourth-order valence-electron chi connectivity index (χ4n) is 4.76. The van der Waals surface area contributed by atoms with Crippen LogP contribution in [-0.2, 0) is 31.2 Å². The summed E-state index contributed by atoms with van der Waals surface area (Å²) in [5, 5.41) is 10.0. The van der Waals surface area contributed by atoms with E-state index in [-0.39, 0.29) is 12.0 Å². The highest BCUT2D eigenvalue weighted by atomic mass is 16.5. The summed E-state index contributed by atoms with van der Waals surface area (Å²) in [5.41, 5.74) is 5.04. The van der Waals surface area contributed by atoms with Crippen LogP contribution in [-0.4, -0.2) is 46.9 Å². The van der Waals surface area contributed by atoms with E-state index in [1.807, 2.05) is 19.3 Å². The Morgan fingerprint density at radius 3 is 2.86 bits per heavy atom. The van der Waals surface area contributed by atoms with Crippen molar-refractivity contribution in [3.8, 4) is 0 Å². The summed E-state index contributed by atoms with van der Waals surface area (Å²) in [7, 11) is 3.62. The summed E-state index contributed by atoms with van der Waals surface area (Å²) < 4.78 is 7.19. The number of rotatable bonds is 5. The van der Waals surface area contributed by atoms with E-state index in [9.17, 15) is 4.79 Å². The molecular formula is C23H26N4O2. The molecule has 0 spiro atoms. The quantitative estimate of drug-likeness (QED) is 0.727. The van der Waals surface area contributed by atoms with E-state index in [4.69, 9.17) is 4.74 Å². The van der Waals surface area contributed by atoms with Gasteiger partial charge in [-0.15, -0.1) is 0 Å². The Morgan fingerprint density at radius 1 is 1.24 bits per heavy atom. The third-order valence-corrected chi connectivity index (χ3v) is 6.20. The van der Waals surface area contributed by atoms with Gasteiger partial charge in [-0.05, 0) is 41.8 Å². The molecule has 3 aromatic rings. The average Bonchev–Trinajstić information content (AvgIpc) is 3.44. The van der Waals surface area contributed by atoms with Gasteiger partial charge >= 0.3 is 0 Å². The molecule has 1 fully saturated rings. The van der Waals surface area contributed by atoms with Gasteiger partial charge in [0, 0.05) is 56.6 Å². The minimum atomic E-state index is -0.151. The number of amides is 1. The first-order valence-electron chi connectivity index (χ1n) is 10.2. The van der Waals surface area contributed by atoms with Crippen LogP contribution in [0.25, 0.3) is 10.8 Å². The second-order valence-corrected chi connectivity index (χ2v) is 8.12. The molecule has 150 valence electrons. The van der Waals surface area contributed by atoms with Crippen molar-refractivity contribution >= 4 is 22.4 Å². The lowest BCUT2D eigenvalue weighted by molar-refractivity contribution is 0.101. The Morgan fingerprint density at radius 2 is 2.07 bits per heavy atom. The van der Waals surface area contributed by atoms with Crippen molar-refractivity contribution in [1.29, 1.82) is 0 Å². The summed E-state index contributed by atoms with van der Waals surface area (Å²) in [5.74, 6) is -0.151. The summed E-state index contributed by atoms with van der Waals surface area (Å²) in [6, 6.07) is 10.5. The molecule has 0 saturated carbocycles. The lowest BCUT2D eigenvalue weighted by Gasteiger charge is -2.15. The number of ether oxygens (including phenoxy) is 1. The standard InChI is InChI=1S/C23H26N4O2/c1-26-12-17(13-27-11-10-18(14-27)29-2)22(25-26)23(28)24-20-9-8-16-7-6-15-4-3-5-19(20)21(15)16/h3-5,8-9,12,18H,6-7,10-11,13-14H2,1-2H3,(H,24,28). The van der Waals surface area contributed by atoms with Gasteiger partial charge in [0.25, 0.3) is 5.91 Å². The molecule has 2 heterocycles. The smallest absolute Gasteiger partial charge is 0.276 e. The maximum Gasteiger partial charge on any atom is 0.276 e. The predicted molar refractivity (Wildman–Crippen MR) is 113 cm³/mol. The first-order chi connectivity index (χ1) is 14.1. The largest absolute Gasteiger partial charge is 0.380 e. The van der Waals surface area contributed by atoms with Crippen molar-refractivity contribution in [2.45, 2.75) is 31.9 Å². The Kier molecular flexibility index (Phi) is 4.60. The van der Waals surface area contributed by atoms with E-state index >= 15 is 0 Å². The average molecular weight is 390 g/mol. The number of hydrogen-bond acceptors (Lipinski definition) is 4. The van der Waals surface area contributed by atoms with Crippen LogP contribution >= 0.6 is 0 Å². The Bertz CT molecular complexity index is 1080. The molecular weight excluding hydrogens is 364 g/mol. The second kappa shape index (κ2) is 7.28. The highest BCUT2D eigenvalue weighted by molar-refractivity contribution is 6.10. The van der Waals surface area contributed by atoms with Gasteiger partial charge in [-0.2, -0.15) is 5.10 Å². The first-order valence-corrected chi connectivity index (χ1v) is 10.2. The number of methoxy groups -OCH3 is 1. The number of carbonyl (C=O) groups excluding carboxylic acids is 1. The van der Waals surface area contributed by atoms with Gasteiger partial charge in [0.05, 0.1) is 6.10 Å². The van der Waals surface area contributed by atoms with E-state index in [0.29, 0.717) is 12.2 Å². The minimum Gasteiger partial charge on any atom is -0.380 e. The summed E-state index contributed by atoms with van der Waals surface area (Å²) in [6.45, 7) is 2.57. The van der Waals surface area contributed by atoms with E-state index in [0.717, 1.165) is 49.0 Å². The first kappa shape index (κ1) is 18.3. The van der Waals surface area contributed by atoms with Gasteiger partial charge in [-0.25, -0.2) is 0 Å². The van der Waals surface area contributed by atoms with Crippen molar-refractivity contribution in [3.63, 3.8) is 0 Å². The van der Waals surface area contributed by atoms with Crippen LogP contribution in [0.1, 0.15) is 33.6 Å². The maximum absolute atomic E-state index is 13.1. The van der Waals surface area contributed by atoms with Gasteiger partial charge in [0.2, 0.25) is 0 Å². The molecule has 5 rings (SSSR count). The Labute approximate surface area is 170 Å². The second-order valence-electron chi connectivity index (χ2n) is 8.12. The Balaban J connectivity index is 1.41. The lowest BCUT2D eigenvalue weighted by atomic mass is 10.0. The van der Waals surface area contributed by atoms with E-state index in [2.05, 4.69) is 39.6 Å². The van der Waals surface area contributed by atoms with Crippen LogP contribution in [0.5, 0.6) is 0 Å². The molecule has 0 bridgehead atoms. The third kappa shape index (κ3) is 3.32. The molecule has 2 aromatic carbocycles. The van der Waals surface area contributed by atoms with Gasteiger partial charge in [0.1, 0.15) is 0 Å². The van der Waals surface area contributed by atoms with Crippen LogP contribution in [0.3, 0.4) is 0 Å². The van der Waals surface area contributed by atoms with E-state index in [1.54, 1.807) is 11.8 Å². The van der Waals surface area contributed by atoms with Crippen LogP contribution in [0, 0.1) is 0 Å². The number of aryl methyl sites for hydroxylation is 3. The maximum atomic E-state index is 13.1. The molecule has 1 amide bonds. The third-order valence-electron chi connectivity index (χ3n) is 6.20. The summed E-state index contributed by atoms with van der Waals surface area (Å²) >= 11 is 0. The molecule has 6 nitrogen and oxygen atoms in total. The number of benzene rings is 2. The van der Waals surface area contributed by atoms with Gasteiger partial charge in [-0.1, -0.05) is 24.3 Å². The molecule has 1 aliphatic heterocycles. The van der Waals surface area contributed by atoms with Gasteiger partial charge in [0.15, 0.2) is 5.69 Å². The molecule has 1 aliphatic carbocycles. The molecule has 1 unspecified atom stereocenters. The normalized spacial score (nSPS) is 18.6. The van der Waals surface area contributed by atoms with Crippen molar-refractivity contribution < 1.29 is 9.53 Å². The number of likely N-dealkylation sites (tertiary alicyclic amines) is 1. The molecule has 1 atom stereocenters. The fraction of sp³-hybridized carbons (Fsp3) is 0.391. The number of nitrogens with one attached hydrogen (secondary N) is 1. The zero-order valence-corrected chi connectivity index (χ0v) is 16.9. The highest BCUT2D eigenvalue weighted by Crippen LogP contribution is 2.35.